The first kappa shape index (κ1) is 32.6. The van der Waals surface area contributed by atoms with Gasteiger partial charge < -0.3 is 19.9 Å². The van der Waals surface area contributed by atoms with Crippen LogP contribution in [-0.2, 0) is 6.18 Å². The van der Waals surface area contributed by atoms with E-state index < -0.39 is 23.2 Å². The van der Waals surface area contributed by atoms with Gasteiger partial charge in [0.05, 0.1) is 32.3 Å². The van der Waals surface area contributed by atoms with Gasteiger partial charge in [-0.3, -0.25) is 4.79 Å². The highest BCUT2D eigenvalue weighted by Crippen LogP contribution is 2.35. The Labute approximate surface area is 282 Å². The maximum atomic E-state index is 13.2. The number of carbonyl (C=O) groups excluding carboxylic acids is 1. The Balaban J connectivity index is 0.000000189. The minimum absolute atomic E-state index is 0.243. The summed E-state index contributed by atoms with van der Waals surface area (Å²) in [7, 11) is 0. The Morgan fingerprint density at radius 3 is 1.85 bits per heavy atom. The van der Waals surface area contributed by atoms with E-state index in [0.29, 0.717) is 43.9 Å². The van der Waals surface area contributed by atoms with Gasteiger partial charge in [0, 0.05) is 11.4 Å². The average Bonchev–Trinajstić information content (AvgIpc) is 3.66. The van der Waals surface area contributed by atoms with E-state index in [4.69, 9.17) is 37.8 Å². The second-order valence-electron chi connectivity index (χ2n) is 10.9. The van der Waals surface area contributed by atoms with Crippen LogP contribution >= 0.6 is 23.2 Å². The number of carbonyl (C=O) groups is 1. The molecule has 12 heteroatoms. The summed E-state index contributed by atoms with van der Waals surface area (Å²) >= 11 is 12.4. The van der Waals surface area contributed by atoms with Crippen molar-refractivity contribution in [3.8, 4) is 22.9 Å². The minimum atomic E-state index is -4.64. The van der Waals surface area contributed by atoms with Gasteiger partial charge in [0.2, 0.25) is 11.8 Å². The number of halogens is 5. The molecule has 0 unspecified atom stereocenters. The molecule has 0 saturated heterocycles. The summed E-state index contributed by atoms with van der Waals surface area (Å²) < 4.78 is 51.0. The fourth-order valence-electron chi connectivity index (χ4n) is 4.91. The van der Waals surface area contributed by atoms with Crippen molar-refractivity contribution in [3.05, 3.63) is 129 Å². The smallest absolute Gasteiger partial charge is 0.417 e. The Kier molecular flexibility index (Phi) is 8.87. The van der Waals surface area contributed by atoms with Gasteiger partial charge in [-0.1, -0.05) is 47.5 Å². The molecule has 0 aliphatic heterocycles. The maximum Gasteiger partial charge on any atom is 0.417 e. The molecule has 0 radical (unpaired) electrons. The van der Waals surface area contributed by atoms with E-state index in [1.165, 1.54) is 30.3 Å². The summed E-state index contributed by atoms with van der Waals surface area (Å²) in [4.78, 5) is 21.4. The lowest BCUT2D eigenvalue weighted by molar-refractivity contribution is -0.137. The highest BCUT2D eigenvalue weighted by atomic mass is 35.5. The minimum Gasteiger partial charge on any atom is -0.436 e. The molecular formula is C36H25Cl2F3N4O3. The molecule has 48 heavy (non-hydrogen) atoms. The number of nitrogen functional groups attached to an aromatic ring is 1. The van der Waals surface area contributed by atoms with Crippen molar-refractivity contribution >= 4 is 62.7 Å². The summed E-state index contributed by atoms with van der Waals surface area (Å²) in [5.74, 6) is -0.148. The van der Waals surface area contributed by atoms with Crippen molar-refractivity contribution in [2.75, 3.05) is 11.1 Å². The summed E-state index contributed by atoms with van der Waals surface area (Å²) in [6.07, 6.45) is -4.64. The predicted molar refractivity (Wildman–Crippen MR) is 182 cm³/mol. The number of hydrogen-bond acceptors (Lipinski definition) is 6. The zero-order valence-corrected chi connectivity index (χ0v) is 26.8. The molecule has 2 heterocycles. The first-order chi connectivity index (χ1) is 22.9. The Bertz CT molecular complexity index is 2310. The summed E-state index contributed by atoms with van der Waals surface area (Å²) in [6.45, 7) is 3.94. The number of oxazole rings is 2. The van der Waals surface area contributed by atoms with Crippen LogP contribution in [0.5, 0.6) is 0 Å². The van der Waals surface area contributed by atoms with Crippen LogP contribution in [0.3, 0.4) is 0 Å². The maximum absolute atomic E-state index is 13.2. The predicted octanol–water partition coefficient (Wildman–Crippen LogP) is 10.8. The Morgan fingerprint density at radius 1 is 0.729 bits per heavy atom. The van der Waals surface area contributed by atoms with Crippen LogP contribution in [0.4, 0.5) is 24.5 Å². The van der Waals surface area contributed by atoms with Crippen molar-refractivity contribution in [2.45, 2.75) is 20.0 Å². The van der Waals surface area contributed by atoms with Crippen LogP contribution < -0.4 is 11.1 Å². The van der Waals surface area contributed by atoms with Crippen molar-refractivity contribution in [2.24, 2.45) is 0 Å². The number of nitrogens with zero attached hydrogens (tertiary/aromatic N) is 2. The monoisotopic (exact) mass is 688 g/mol. The lowest BCUT2D eigenvalue weighted by atomic mass is 10.1. The molecule has 0 aliphatic rings. The summed E-state index contributed by atoms with van der Waals surface area (Å²) in [6, 6.07) is 25.8. The third-order valence-electron chi connectivity index (χ3n) is 7.24. The molecule has 0 atom stereocenters. The van der Waals surface area contributed by atoms with Crippen molar-refractivity contribution < 1.29 is 26.8 Å². The number of fused-ring (bicyclic) bond motifs is 2. The molecule has 7 rings (SSSR count). The van der Waals surface area contributed by atoms with E-state index in [1.54, 1.807) is 24.3 Å². The first-order valence-corrected chi connectivity index (χ1v) is 15.2. The normalized spacial score (nSPS) is 11.4. The van der Waals surface area contributed by atoms with Crippen molar-refractivity contribution in [1.29, 1.82) is 0 Å². The number of hydrogen-bond donors (Lipinski definition) is 2. The molecule has 3 N–H and O–H groups in total. The second-order valence-corrected chi connectivity index (χ2v) is 11.7. The van der Waals surface area contributed by atoms with Crippen LogP contribution in [0.25, 0.3) is 45.1 Å². The van der Waals surface area contributed by atoms with Crippen LogP contribution in [-0.4, -0.2) is 15.9 Å². The molecule has 7 aromatic rings. The molecule has 1 amide bonds. The second kappa shape index (κ2) is 13.1. The zero-order chi connectivity index (χ0) is 34.2. The molecule has 2 aromatic heterocycles. The summed E-state index contributed by atoms with van der Waals surface area (Å²) in [5.41, 5.74) is 11.2. The summed E-state index contributed by atoms with van der Waals surface area (Å²) in [5, 5.41) is 3.39. The van der Waals surface area contributed by atoms with Gasteiger partial charge in [0.15, 0.2) is 11.2 Å². The van der Waals surface area contributed by atoms with Crippen molar-refractivity contribution in [3.63, 3.8) is 0 Å². The van der Waals surface area contributed by atoms with E-state index in [9.17, 15) is 18.0 Å². The van der Waals surface area contributed by atoms with Crippen LogP contribution in [0.1, 0.15) is 27.0 Å². The highest BCUT2D eigenvalue weighted by molar-refractivity contribution is 6.33. The van der Waals surface area contributed by atoms with Gasteiger partial charge in [0.25, 0.3) is 5.91 Å². The van der Waals surface area contributed by atoms with E-state index in [2.05, 4.69) is 15.3 Å². The molecule has 0 fully saturated rings. The Morgan fingerprint density at radius 2 is 1.27 bits per heavy atom. The molecule has 0 aliphatic carbocycles. The zero-order valence-electron chi connectivity index (χ0n) is 25.3. The average molecular weight is 690 g/mol. The number of anilines is 2. The van der Waals surface area contributed by atoms with Gasteiger partial charge >= 0.3 is 6.18 Å². The van der Waals surface area contributed by atoms with Gasteiger partial charge in [-0.25, -0.2) is 9.97 Å². The standard InChI is InChI=1S/C22H14ClF3N2O2.C14H11ClN2O/c1-12-6-9-19-18(10-12)28-21(30-19)15-11-13(7-8-17(15)23)27-20(29)14-4-2-3-5-16(14)22(24,25)26;1-8-2-5-13-12(6-8)17-14(18-13)10-7-9(16)3-4-11(10)15/h2-11H,1H3,(H,27,29);2-7H,16H2,1H3. The number of alkyl halides is 3. The van der Waals surface area contributed by atoms with Gasteiger partial charge in [0.1, 0.15) is 11.0 Å². The number of nitrogens with one attached hydrogen (secondary N) is 1. The van der Waals surface area contributed by atoms with Crippen LogP contribution in [0.2, 0.25) is 10.0 Å². The van der Waals surface area contributed by atoms with Gasteiger partial charge in [-0.2, -0.15) is 13.2 Å². The third kappa shape index (κ3) is 7.00. The quantitative estimate of drug-likeness (QED) is 0.178. The number of aromatic nitrogens is 2. The third-order valence-corrected chi connectivity index (χ3v) is 7.90. The largest absolute Gasteiger partial charge is 0.436 e. The van der Waals surface area contributed by atoms with Crippen molar-refractivity contribution in [1.82, 2.24) is 9.97 Å². The molecular weight excluding hydrogens is 664 g/mol. The molecule has 0 spiro atoms. The number of nitrogens with two attached hydrogens (primary N) is 1. The van der Waals surface area contributed by atoms with E-state index in [0.717, 1.165) is 34.4 Å². The van der Waals surface area contributed by atoms with Crippen LogP contribution in [0, 0.1) is 13.8 Å². The molecule has 5 aromatic carbocycles. The number of benzene rings is 5. The molecule has 7 nitrogen and oxygen atoms in total. The number of rotatable bonds is 4. The first-order valence-electron chi connectivity index (χ1n) is 14.4. The number of aryl methyl sites for hydroxylation is 2. The highest BCUT2D eigenvalue weighted by Gasteiger charge is 2.35. The van der Waals surface area contributed by atoms with Gasteiger partial charge in [-0.05, 0) is 97.8 Å². The molecule has 0 saturated carbocycles. The van der Waals surface area contributed by atoms with E-state index in [1.807, 2.05) is 44.2 Å². The van der Waals surface area contributed by atoms with E-state index in [-0.39, 0.29) is 11.6 Å². The lowest BCUT2D eigenvalue weighted by Crippen LogP contribution is -2.18. The molecule has 0 bridgehead atoms. The topological polar surface area (TPSA) is 107 Å². The van der Waals surface area contributed by atoms with E-state index >= 15 is 0 Å². The fraction of sp³-hybridized carbons (Fsp3) is 0.0833. The lowest BCUT2D eigenvalue weighted by Gasteiger charge is -2.13. The SMILES string of the molecule is Cc1ccc2oc(-c3cc(N)ccc3Cl)nc2c1.Cc1ccc2oc(-c3cc(NC(=O)c4ccccc4C(F)(F)F)ccc3Cl)nc2c1. The van der Waals surface area contributed by atoms with Gasteiger partial charge in [-0.15, -0.1) is 0 Å². The number of amides is 1. The molecule has 242 valence electrons. The van der Waals surface area contributed by atoms with Crippen LogP contribution in [0.15, 0.2) is 106 Å². The fourth-order valence-corrected chi connectivity index (χ4v) is 5.30. The Hall–Kier alpha value is -5.32.